The highest BCUT2D eigenvalue weighted by atomic mass is 16.6. The Morgan fingerprint density at radius 2 is 1.53 bits per heavy atom. The number of rotatable bonds is 7. The number of esters is 1. The SMILES string of the molecule is COc1cc(OC)c(OC)cc1/C=C1\Oc2c(ccc(OC(=O)c3cc4cccc(OC)c4o3)c2C)C1=O. The van der Waals surface area contributed by atoms with E-state index in [1.54, 1.807) is 61.5 Å². The van der Waals surface area contributed by atoms with Crippen LogP contribution in [0.2, 0.25) is 0 Å². The molecule has 0 aliphatic carbocycles. The molecule has 9 nitrogen and oxygen atoms in total. The number of fused-ring (bicyclic) bond motifs is 2. The number of Topliss-reactive ketones (excluding diaryl/α,β-unsaturated/α-hetero) is 1. The van der Waals surface area contributed by atoms with Crippen molar-refractivity contribution in [1.82, 2.24) is 0 Å². The van der Waals surface area contributed by atoms with Gasteiger partial charge in [0.05, 0.1) is 34.0 Å². The zero-order chi connectivity index (χ0) is 27.0. The van der Waals surface area contributed by atoms with E-state index in [-0.39, 0.29) is 23.1 Å². The van der Waals surface area contributed by atoms with E-state index in [0.717, 1.165) is 0 Å². The van der Waals surface area contributed by atoms with E-state index in [2.05, 4.69) is 0 Å². The number of ketones is 1. The fourth-order valence-electron chi connectivity index (χ4n) is 4.23. The van der Waals surface area contributed by atoms with E-state index in [9.17, 15) is 9.59 Å². The van der Waals surface area contributed by atoms with Gasteiger partial charge >= 0.3 is 5.97 Å². The Morgan fingerprint density at radius 1 is 0.816 bits per heavy atom. The van der Waals surface area contributed by atoms with Gasteiger partial charge in [-0.05, 0) is 43.3 Å². The van der Waals surface area contributed by atoms with Crippen LogP contribution in [-0.4, -0.2) is 40.2 Å². The molecule has 0 N–H and O–H groups in total. The topological polar surface area (TPSA) is 103 Å². The maximum Gasteiger partial charge on any atom is 0.379 e. The van der Waals surface area contributed by atoms with Gasteiger partial charge in [0.15, 0.2) is 28.6 Å². The van der Waals surface area contributed by atoms with Crippen molar-refractivity contribution in [3.05, 3.63) is 76.7 Å². The van der Waals surface area contributed by atoms with Gasteiger partial charge in [0.25, 0.3) is 0 Å². The maximum atomic E-state index is 13.1. The normalized spacial score (nSPS) is 13.3. The molecule has 1 aliphatic heterocycles. The Hall–Kier alpha value is -4.92. The van der Waals surface area contributed by atoms with Crippen LogP contribution in [0.1, 0.15) is 32.0 Å². The van der Waals surface area contributed by atoms with E-state index in [1.807, 2.05) is 0 Å². The quantitative estimate of drug-likeness (QED) is 0.176. The second-order valence-electron chi connectivity index (χ2n) is 8.33. The Bertz CT molecular complexity index is 1610. The zero-order valence-corrected chi connectivity index (χ0v) is 21.4. The molecule has 1 aromatic heterocycles. The number of methoxy groups -OCH3 is 4. The van der Waals surface area contributed by atoms with Crippen LogP contribution in [0.5, 0.6) is 34.5 Å². The third kappa shape index (κ3) is 4.17. The number of para-hydroxylation sites is 1. The molecule has 0 saturated heterocycles. The third-order valence-electron chi connectivity index (χ3n) is 6.19. The van der Waals surface area contributed by atoms with Gasteiger partial charge in [0.2, 0.25) is 11.5 Å². The predicted molar refractivity (Wildman–Crippen MR) is 138 cm³/mol. The summed E-state index contributed by atoms with van der Waals surface area (Å²) in [6.45, 7) is 1.70. The van der Waals surface area contributed by atoms with Crippen molar-refractivity contribution in [2.45, 2.75) is 6.92 Å². The summed E-state index contributed by atoms with van der Waals surface area (Å²) in [6, 6.07) is 13.4. The zero-order valence-electron chi connectivity index (χ0n) is 21.4. The molecule has 0 fully saturated rings. The summed E-state index contributed by atoms with van der Waals surface area (Å²) in [4.78, 5) is 26.0. The van der Waals surface area contributed by atoms with Gasteiger partial charge in [-0.3, -0.25) is 4.79 Å². The third-order valence-corrected chi connectivity index (χ3v) is 6.19. The largest absolute Gasteiger partial charge is 0.496 e. The lowest BCUT2D eigenvalue weighted by Gasteiger charge is -2.12. The van der Waals surface area contributed by atoms with Crippen LogP contribution in [-0.2, 0) is 0 Å². The molecular weight excluding hydrogens is 492 g/mol. The number of carbonyl (C=O) groups excluding carboxylic acids is 2. The molecule has 1 aliphatic rings. The highest BCUT2D eigenvalue weighted by Gasteiger charge is 2.31. The van der Waals surface area contributed by atoms with Gasteiger partial charge in [-0.15, -0.1) is 0 Å². The van der Waals surface area contributed by atoms with Gasteiger partial charge < -0.3 is 32.8 Å². The number of benzene rings is 3. The fourth-order valence-corrected chi connectivity index (χ4v) is 4.23. The Labute approximate surface area is 218 Å². The minimum absolute atomic E-state index is 0.0162. The first-order valence-corrected chi connectivity index (χ1v) is 11.5. The minimum atomic E-state index is -0.693. The van der Waals surface area contributed by atoms with E-state index in [1.165, 1.54) is 28.4 Å². The number of ether oxygens (including phenoxy) is 6. The van der Waals surface area contributed by atoms with Crippen LogP contribution in [0.25, 0.3) is 17.0 Å². The summed E-state index contributed by atoms with van der Waals surface area (Å²) in [7, 11) is 6.07. The molecule has 0 atom stereocenters. The highest BCUT2D eigenvalue weighted by molar-refractivity contribution is 6.15. The van der Waals surface area contributed by atoms with Crippen LogP contribution < -0.4 is 28.4 Å². The van der Waals surface area contributed by atoms with Crippen LogP contribution in [0.4, 0.5) is 0 Å². The molecule has 0 radical (unpaired) electrons. The first kappa shape index (κ1) is 24.8. The molecule has 9 heteroatoms. The number of hydrogen-bond acceptors (Lipinski definition) is 9. The molecule has 0 bridgehead atoms. The number of hydrogen-bond donors (Lipinski definition) is 0. The smallest absolute Gasteiger partial charge is 0.379 e. The fraction of sp³-hybridized carbons (Fsp3) is 0.172. The number of furan rings is 1. The van der Waals surface area contributed by atoms with Gasteiger partial charge in [-0.2, -0.15) is 0 Å². The Balaban J connectivity index is 1.44. The molecule has 0 spiro atoms. The molecule has 0 amide bonds. The van der Waals surface area contributed by atoms with Crippen molar-refractivity contribution in [3.63, 3.8) is 0 Å². The Morgan fingerprint density at radius 3 is 2.24 bits per heavy atom. The molecule has 5 rings (SSSR count). The van der Waals surface area contributed by atoms with Crippen molar-refractivity contribution in [1.29, 1.82) is 0 Å². The van der Waals surface area contributed by atoms with Crippen molar-refractivity contribution in [3.8, 4) is 34.5 Å². The van der Waals surface area contributed by atoms with Crippen molar-refractivity contribution >= 4 is 28.8 Å². The second-order valence-corrected chi connectivity index (χ2v) is 8.33. The van der Waals surface area contributed by atoms with Crippen molar-refractivity contribution < 1.29 is 42.4 Å². The molecule has 194 valence electrons. The molecule has 3 aromatic carbocycles. The van der Waals surface area contributed by atoms with E-state index in [4.69, 9.17) is 32.8 Å². The lowest BCUT2D eigenvalue weighted by atomic mass is 10.1. The molecule has 4 aromatic rings. The predicted octanol–water partition coefficient (Wildman–Crippen LogP) is 5.61. The summed E-state index contributed by atoms with van der Waals surface area (Å²) in [5, 5.41) is 0.705. The molecule has 38 heavy (non-hydrogen) atoms. The van der Waals surface area contributed by atoms with E-state index < -0.39 is 5.97 Å². The van der Waals surface area contributed by atoms with Gasteiger partial charge in [0.1, 0.15) is 17.2 Å². The van der Waals surface area contributed by atoms with E-state index in [0.29, 0.717) is 56.4 Å². The van der Waals surface area contributed by atoms with Crippen molar-refractivity contribution in [2.75, 3.05) is 28.4 Å². The Kier molecular flexibility index (Phi) is 6.42. The first-order valence-electron chi connectivity index (χ1n) is 11.5. The van der Waals surface area contributed by atoms with Crippen LogP contribution >= 0.6 is 0 Å². The summed E-state index contributed by atoms with van der Waals surface area (Å²) < 4.78 is 38.7. The van der Waals surface area contributed by atoms with Crippen molar-refractivity contribution in [2.24, 2.45) is 0 Å². The number of allylic oxidation sites excluding steroid dienone is 1. The summed E-state index contributed by atoms with van der Waals surface area (Å²) in [5.41, 5.74) is 1.84. The summed E-state index contributed by atoms with van der Waals surface area (Å²) in [5.74, 6) is 1.56. The maximum absolute atomic E-state index is 13.1. The average Bonchev–Trinajstić information content (AvgIpc) is 3.51. The lowest BCUT2D eigenvalue weighted by Crippen LogP contribution is -2.08. The minimum Gasteiger partial charge on any atom is -0.496 e. The standard InChI is InChI=1S/C29H24O9/c1-15-19(38-29(31)25-11-16-7-6-8-20(32-2)28(16)37-25)10-9-18-26(30)24(36-27(15)18)13-17-12-22(34-4)23(35-5)14-21(17)33-3/h6-14H,1-5H3/b24-13-. The van der Waals surface area contributed by atoms with E-state index >= 15 is 0 Å². The van der Waals surface area contributed by atoms with Gasteiger partial charge in [0, 0.05) is 22.6 Å². The van der Waals surface area contributed by atoms with Gasteiger partial charge in [-0.25, -0.2) is 4.79 Å². The lowest BCUT2D eigenvalue weighted by molar-refractivity contribution is 0.0702. The van der Waals surface area contributed by atoms with Crippen LogP contribution in [0, 0.1) is 6.92 Å². The van der Waals surface area contributed by atoms with Crippen LogP contribution in [0.15, 0.2) is 58.7 Å². The molecule has 0 saturated carbocycles. The highest BCUT2D eigenvalue weighted by Crippen LogP contribution is 2.41. The average molecular weight is 517 g/mol. The second kappa shape index (κ2) is 9.85. The monoisotopic (exact) mass is 516 g/mol. The van der Waals surface area contributed by atoms with Gasteiger partial charge in [-0.1, -0.05) is 12.1 Å². The molecule has 2 heterocycles. The van der Waals surface area contributed by atoms with Crippen LogP contribution in [0.3, 0.4) is 0 Å². The first-order chi connectivity index (χ1) is 18.4. The molecular formula is C29H24O9. The summed E-state index contributed by atoms with van der Waals surface area (Å²) >= 11 is 0. The summed E-state index contributed by atoms with van der Waals surface area (Å²) in [6.07, 6.45) is 1.57. The molecule has 0 unspecified atom stereocenters. The number of carbonyl (C=O) groups is 2.